The van der Waals surface area contributed by atoms with Gasteiger partial charge in [0, 0.05) is 11.8 Å². The van der Waals surface area contributed by atoms with Gasteiger partial charge in [-0.15, -0.1) is 0 Å². The molecule has 0 saturated heterocycles. The van der Waals surface area contributed by atoms with E-state index in [1.165, 1.54) is 0 Å². The van der Waals surface area contributed by atoms with Crippen molar-refractivity contribution in [1.29, 1.82) is 0 Å². The van der Waals surface area contributed by atoms with Gasteiger partial charge in [-0.1, -0.05) is 19.3 Å². The van der Waals surface area contributed by atoms with E-state index in [0.717, 1.165) is 19.3 Å². The van der Waals surface area contributed by atoms with E-state index in [1.807, 2.05) is 0 Å². The minimum Gasteiger partial charge on any atom is -0.0859 e. The summed E-state index contributed by atoms with van der Waals surface area (Å²) in [7, 11) is 0. The molecular formula is C6H8Cl. The fourth-order valence-corrected chi connectivity index (χ4v) is 0.355. The lowest BCUT2D eigenvalue weighted by Gasteiger charge is -1.80. The molecule has 0 unspecified atom stereocenters. The molecule has 0 fully saturated rings. The zero-order valence-corrected chi connectivity index (χ0v) is 4.96. The van der Waals surface area contributed by atoms with Crippen molar-refractivity contribution in [3.63, 3.8) is 0 Å². The summed E-state index contributed by atoms with van der Waals surface area (Å²) in [5, 5.41) is 2.30. The van der Waals surface area contributed by atoms with Crippen LogP contribution in [-0.2, 0) is 0 Å². The van der Waals surface area contributed by atoms with E-state index in [-0.39, 0.29) is 0 Å². The van der Waals surface area contributed by atoms with Gasteiger partial charge in [0.05, 0.1) is 0 Å². The Labute approximate surface area is 49.9 Å². The molecule has 0 amide bonds. The van der Waals surface area contributed by atoms with E-state index < -0.39 is 0 Å². The number of unbranched alkanes of at least 4 members (excludes halogenated alkanes) is 2. The lowest BCUT2D eigenvalue weighted by molar-refractivity contribution is 0.883. The molecule has 7 heavy (non-hydrogen) atoms. The quantitative estimate of drug-likeness (QED) is 0.382. The van der Waals surface area contributed by atoms with Crippen LogP contribution in [0.4, 0.5) is 0 Å². The van der Waals surface area contributed by atoms with Crippen LogP contribution < -0.4 is 0 Å². The van der Waals surface area contributed by atoms with E-state index in [9.17, 15) is 0 Å². The van der Waals surface area contributed by atoms with Crippen LogP contribution in [0, 0.1) is 18.2 Å². The molecule has 0 aromatic rings. The summed E-state index contributed by atoms with van der Waals surface area (Å²) in [6.45, 7) is 3.65. The molecule has 1 heteroatoms. The summed E-state index contributed by atoms with van der Waals surface area (Å²) in [5.74, 6) is 2.72. The van der Waals surface area contributed by atoms with Gasteiger partial charge in [0.25, 0.3) is 0 Å². The molecule has 0 aromatic heterocycles. The molecule has 0 nitrogen and oxygen atoms in total. The third kappa shape index (κ3) is 5.85. The van der Waals surface area contributed by atoms with Crippen LogP contribution in [0.5, 0.6) is 0 Å². The van der Waals surface area contributed by atoms with Gasteiger partial charge >= 0.3 is 0 Å². The molecule has 0 aliphatic heterocycles. The molecular weight excluding hydrogens is 108 g/mol. The summed E-state index contributed by atoms with van der Waals surface area (Å²) in [6.07, 6.45) is 2.89. The maximum atomic E-state index is 5.06. The van der Waals surface area contributed by atoms with Gasteiger partial charge in [-0.2, -0.15) is 0 Å². The fourth-order valence-electron chi connectivity index (χ4n) is 0.261. The summed E-state index contributed by atoms with van der Waals surface area (Å²) in [4.78, 5) is 0. The van der Waals surface area contributed by atoms with Crippen LogP contribution in [0.1, 0.15) is 19.3 Å². The first-order valence-corrected chi connectivity index (χ1v) is 2.67. The molecule has 0 rings (SSSR count). The summed E-state index contributed by atoms with van der Waals surface area (Å²) in [6, 6.07) is 0. The third-order valence-electron chi connectivity index (χ3n) is 0.619. The zero-order valence-electron chi connectivity index (χ0n) is 4.21. The van der Waals surface area contributed by atoms with E-state index in [0.29, 0.717) is 0 Å². The van der Waals surface area contributed by atoms with Gasteiger partial charge in [0.2, 0.25) is 0 Å². The standard InChI is InChI=1S/C6H8Cl/c1-2-3-4-5-6-7/h1-4H2. The topological polar surface area (TPSA) is 0 Å². The minimum atomic E-state index is 0.882. The maximum Gasteiger partial charge on any atom is 0.0101 e. The van der Waals surface area contributed by atoms with E-state index >= 15 is 0 Å². The van der Waals surface area contributed by atoms with Gasteiger partial charge in [-0.25, -0.2) is 0 Å². The Kier molecular flexibility index (Phi) is 5.72. The van der Waals surface area contributed by atoms with Crippen molar-refractivity contribution < 1.29 is 0 Å². The molecule has 0 atom stereocenters. The molecule has 0 aliphatic rings. The van der Waals surface area contributed by atoms with Crippen molar-refractivity contribution in [2.24, 2.45) is 0 Å². The fraction of sp³-hybridized carbons (Fsp3) is 0.500. The molecule has 0 saturated carbocycles. The van der Waals surface area contributed by atoms with Crippen molar-refractivity contribution in [2.45, 2.75) is 19.3 Å². The van der Waals surface area contributed by atoms with Gasteiger partial charge in [-0.05, 0) is 18.0 Å². The summed E-state index contributed by atoms with van der Waals surface area (Å²) < 4.78 is 0. The largest absolute Gasteiger partial charge is 0.0859 e. The van der Waals surface area contributed by atoms with E-state index in [1.54, 1.807) is 0 Å². The second-order valence-corrected chi connectivity index (χ2v) is 1.42. The second kappa shape index (κ2) is 5.85. The molecule has 0 spiro atoms. The summed E-state index contributed by atoms with van der Waals surface area (Å²) in [5.41, 5.74) is 0. The number of hydrogen-bond acceptors (Lipinski definition) is 0. The predicted octanol–water partition coefficient (Wildman–Crippen LogP) is 2.19. The van der Waals surface area contributed by atoms with Gasteiger partial charge < -0.3 is 0 Å². The molecule has 0 N–H and O–H groups in total. The van der Waals surface area contributed by atoms with Crippen LogP contribution in [-0.4, -0.2) is 0 Å². The monoisotopic (exact) mass is 115 g/mol. The molecule has 0 heterocycles. The molecule has 39 valence electrons. The summed E-state index contributed by atoms with van der Waals surface area (Å²) >= 11 is 5.06. The molecule has 0 aromatic carbocycles. The third-order valence-corrected chi connectivity index (χ3v) is 0.752. The first-order chi connectivity index (χ1) is 3.41. The highest BCUT2D eigenvalue weighted by atomic mass is 35.5. The van der Waals surface area contributed by atoms with Crippen molar-refractivity contribution in [2.75, 3.05) is 0 Å². The molecule has 0 aliphatic carbocycles. The van der Waals surface area contributed by atoms with Crippen molar-refractivity contribution in [3.8, 4) is 11.3 Å². The van der Waals surface area contributed by atoms with Crippen molar-refractivity contribution in [3.05, 3.63) is 6.92 Å². The zero-order chi connectivity index (χ0) is 5.54. The average molecular weight is 116 g/mol. The minimum absolute atomic E-state index is 0.882. The lowest BCUT2D eigenvalue weighted by Crippen LogP contribution is -1.64. The molecule has 1 radical (unpaired) electrons. The second-order valence-electron chi connectivity index (χ2n) is 1.23. The Morgan fingerprint density at radius 2 is 2.29 bits per heavy atom. The Morgan fingerprint density at radius 3 is 2.71 bits per heavy atom. The SMILES string of the molecule is [CH2]CCCC#CCl. The highest BCUT2D eigenvalue weighted by Crippen LogP contribution is 1.89. The van der Waals surface area contributed by atoms with E-state index in [2.05, 4.69) is 18.2 Å². The first kappa shape index (κ1) is 6.85. The normalized spacial score (nSPS) is 7.14. The Morgan fingerprint density at radius 1 is 1.57 bits per heavy atom. The smallest absolute Gasteiger partial charge is 0.0101 e. The Hall–Kier alpha value is -0.150. The van der Waals surface area contributed by atoms with Gasteiger partial charge in [-0.3, -0.25) is 0 Å². The average Bonchev–Trinajstić information content (AvgIpc) is 1.69. The van der Waals surface area contributed by atoms with Crippen molar-refractivity contribution in [1.82, 2.24) is 0 Å². The highest BCUT2D eigenvalue weighted by molar-refractivity contribution is 6.30. The first-order valence-electron chi connectivity index (χ1n) is 2.29. The van der Waals surface area contributed by atoms with Crippen LogP contribution in [0.25, 0.3) is 0 Å². The van der Waals surface area contributed by atoms with Gasteiger partial charge in [0.15, 0.2) is 0 Å². The number of hydrogen-bond donors (Lipinski definition) is 0. The highest BCUT2D eigenvalue weighted by Gasteiger charge is 1.73. The van der Waals surface area contributed by atoms with Crippen LogP contribution >= 0.6 is 11.6 Å². The van der Waals surface area contributed by atoms with Crippen molar-refractivity contribution >= 4 is 11.6 Å². The van der Waals surface area contributed by atoms with Crippen LogP contribution in [0.3, 0.4) is 0 Å². The lowest BCUT2D eigenvalue weighted by atomic mass is 10.3. The predicted molar refractivity (Wildman–Crippen MR) is 32.8 cm³/mol. The maximum absolute atomic E-state index is 5.06. The Bertz CT molecular complexity index is 75.9. The van der Waals surface area contributed by atoms with Gasteiger partial charge in [0.1, 0.15) is 0 Å². The van der Waals surface area contributed by atoms with Crippen LogP contribution in [0.15, 0.2) is 0 Å². The van der Waals surface area contributed by atoms with E-state index in [4.69, 9.17) is 11.6 Å². The number of rotatable bonds is 2. The van der Waals surface area contributed by atoms with Crippen LogP contribution in [0.2, 0.25) is 0 Å². The Balaban J connectivity index is 2.78. The number of halogens is 1. The molecule has 0 bridgehead atoms.